The van der Waals surface area contributed by atoms with Gasteiger partial charge in [0.2, 0.25) is 0 Å². The van der Waals surface area contributed by atoms with Gasteiger partial charge in [0.05, 0.1) is 6.67 Å². The summed E-state index contributed by atoms with van der Waals surface area (Å²) in [6.45, 7) is 4.39. The molecule has 2 aromatic carbocycles. The maximum Gasteiger partial charge on any atom is 0.199 e. The van der Waals surface area contributed by atoms with E-state index in [9.17, 15) is 0 Å². The lowest BCUT2D eigenvalue weighted by molar-refractivity contribution is 0.243. The number of hydrogen-bond acceptors (Lipinski definition) is 3. The molecule has 3 aromatic rings. The van der Waals surface area contributed by atoms with Crippen molar-refractivity contribution in [2.75, 3.05) is 7.05 Å². The fraction of sp³-hybridized carbons (Fsp3) is 0.300. The summed E-state index contributed by atoms with van der Waals surface area (Å²) < 4.78 is 4.78. The van der Waals surface area contributed by atoms with Crippen LogP contribution in [0.3, 0.4) is 0 Å². The number of aromatic nitrogens is 3. The van der Waals surface area contributed by atoms with Gasteiger partial charge in [-0.2, -0.15) is 5.10 Å². The van der Waals surface area contributed by atoms with Gasteiger partial charge in [-0.05, 0) is 49.4 Å². The molecule has 0 aliphatic carbocycles. The minimum absolute atomic E-state index is 0.649. The van der Waals surface area contributed by atoms with E-state index in [-0.39, 0.29) is 0 Å². The van der Waals surface area contributed by atoms with Crippen LogP contribution in [0.4, 0.5) is 0 Å². The SMILES string of the molecule is CCn1c(Cc2ccccc2)nn(CN(C)Cc2ccc(Cl)cc2)c1=S. The standard InChI is InChI=1S/C20H23ClN4S/c1-3-24-19(13-16-7-5-4-6-8-16)22-25(20(24)26)15-23(2)14-17-9-11-18(21)12-10-17/h4-12H,3,13-15H2,1-2H3. The molecule has 0 spiro atoms. The van der Waals surface area contributed by atoms with Crippen LogP contribution in [0.25, 0.3) is 0 Å². The van der Waals surface area contributed by atoms with Crippen molar-refractivity contribution in [3.05, 3.63) is 81.3 Å². The highest BCUT2D eigenvalue weighted by atomic mass is 35.5. The number of hydrogen-bond donors (Lipinski definition) is 0. The molecule has 0 bridgehead atoms. The van der Waals surface area contributed by atoms with Crippen molar-refractivity contribution in [2.24, 2.45) is 0 Å². The van der Waals surface area contributed by atoms with E-state index < -0.39 is 0 Å². The summed E-state index contributed by atoms with van der Waals surface area (Å²) in [5.74, 6) is 1.00. The molecule has 0 amide bonds. The molecule has 0 unspecified atom stereocenters. The lowest BCUT2D eigenvalue weighted by atomic mass is 10.1. The van der Waals surface area contributed by atoms with Gasteiger partial charge in [-0.25, -0.2) is 4.68 Å². The van der Waals surface area contributed by atoms with Crippen LogP contribution in [0.15, 0.2) is 54.6 Å². The first-order chi connectivity index (χ1) is 12.6. The Morgan fingerprint density at radius 2 is 1.73 bits per heavy atom. The topological polar surface area (TPSA) is 26.0 Å². The lowest BCUT2D eigenvalue weighted by Crippen LogP contribution is -2.22. The third-order valence-electron chi connectivity index (χ3n) is 4.26. The largest absolute Gasteiger partial charge is 0.304 e. The summed E-state index contributed by atoms with van der Waals surface area (Å²) in [4.78, 5) is 2.19. The Bertz CT molecular complexity index is 900. The molecule has 0 atom stereocenters. The highest BCUT2D eigenvalue weighted by Gasteiger charge is 2.12. The van der Waals surface area contributed by atoms with Crippen LogP contribution in [0.5, 0.6) is 0 Å². The molecule has 1 aromatic heterocycles. The van der Waals surface area contributed by atoms with Gasteiger partial charge < -0.3 is 4.57 Å². The second-order valence-corrected chi connectivity index (χ2v) is 7.19. The van der Waals surface area contributed by atoms with Gasteiger partial charge in [0.15, 0.2) is 4.77 Å². The Labute approximate surface area is 164 Å². The molecule has 0 aliphatic heterocycles. The highest BCUT2D eigenvalue weighted by molar-refractivity contribution is 7.71. The predicted octanol–water partition coefficient (Wildman–Crippen LogP) is 4.77. The van der Waals surface area contributed by atoms with Crippen LogP contribution in [0, 0.1) is 4.77 Å². The van der Waals surface area contributed by atoms with Crippen molar-refractivity contribution in [1.82, 2.24) is 19.2 Å². The second kappa shape index (κ2) is 8.62. The maximum absolute atomic E-state index is 5.96. The first-order valence-corrected chi connectivity index (χ1v) is 9.49. The maximum atomic E-state index is 5.96. The molecule has 6 heteroatoms. The summed E-state index contributed by atoms with van der Waals surface area (Å²) in [5, 5.41) is 5.54. The van der Waals surface area contributed by atoms with E-state index in [1.165, 1.54) is 11.1 Å². The van der Waals surface area contributed by atoms with Gasteiger partial charge in [0.1, 0.15) is 5.82 Å². The normalized spacial score (nSPS) is 11.2. The average molecular weight is 387 g/mol. The Balaban J connectivity index is 1.75. The number of rotatable bonds is 7. The molecule has 0 radical (unpaired) electrons. The highest BCUT2D eigenvalue weighted by Crippen LogP contribution is 2.13. The molecule has 0 aliphatic rings. The molecular weight excluding hydrogens is 364 g/mol. The summed E-state index contributed by atoms with van der Waals surface area (Å²) in [5.41, 5.74) is 2.45. The van der Waals surface area contributed by atoms with Crippen LogP contribution < -0.4 is 0 Å². The fourth-order valence-electron chi connectivity index (χ4n) is 2.99. The van der Waals surface area contributed by atoms with E-state index >= 15 is 0 Å². The quantitative estimate of drug-likeness (QED) is 0.547. The van der Waals surface area contributed by atoms with Gasteiger partial charge in [0.25, 0.3) is 0 Å². The third kappa shape index (κ3) is 4.61. The van der Waals surface area contributed by atoms with E-state index in [4.69, 9.17) is 28.9 Å². The number of halogens is 1. The van der Waals surface area contributed by atoms with Crippen molar-refractivity contribution in [1.29, 1.82) is 0 Å². The van der Waals surface area contributed by atoms with E-state index in [1.54, 1.807) is 0 Å². The Hall–Kier alpha value is -1.95. The summed E-state index contributed by atoms with van der Waals surface area (Å²) in [7, 11) is 2.07. The van der Waals surface area contributed by atoms with Crippen molar-refractivity contribution < 1.29 is 0 Å². The summed E-state index contributed by atoms with van der Waals surface area (Å²) in [6, 6.07) is 18.3. The molecule has 0 fully saturated rings. The minimum Gasteiger partial charge on any atom is -0.304 e. The van der Waals surface area contributed by atoms with Crippen molar-refractivity contribution in [3.63, 3.8) is 0 Å². The molecule has 0 saturated heterocycles. The van der Waals surface area contributed by atoms with Crippen LogP contribution in [-0.4, -0.2) is 26.3 Å². The average Bonchev–Trinajstić information content (AvgIpc) is 2.92. The van der Waals surface area contributed by atoms with Crippen LogP contribution in [0.1, 0.15) is 23.9 Å². The monoisotopic (exact) mass is 386 g/mol. The molecule has 0 N–H and O–H groups in total. The lowest BCUT2D eigenvalue weighted by Gasteiger charge is -2.16. The smallest absolute Gasteiger partial charge is 0.199 e. The summed E-state index contributed by atoms with van der Waals surface area (Å²) in [6.07, 6.45) is 0.784. The van der Waals surface area contributed by atoms with Gasteiger partial charge in [-0.3, -0.25) is 4.90 Å². The first-order valence-electron chi connectivity index (χ1n) is 8.70. The molecule has 0 saturated carbocycles. The second-order valence-electron chi connectivity index (χ2n) is 6.39. The molecular formula is C20H23ClN4S. The zero-order valence-electron chi connectivity index (χ0n) is 15.1. The zero-order valence-corrected chi connectivity index (χ0v) is 16.7. The molecule has 136 valence electrons. The van der Waals surface area contributed by atoms with Crippen LogP contribution >= 0.6 is 23.8 Å². The third-order valence-corrected chi connectivity index (χ3v) is 4.94. The van der Waals surface area contributed by atoms with Gasteiger partial charge in [-0.15, -0.1) is 0 Å². The fourth-order valence-corrected chi connectivity index (χ4v) is 3.44. The molecule has 1 heterocycles. The van der Waals surface area contributed by atoms with Gasteiger partial charge in [-0.1, -0.05) is 54.1 Å². The molecule has 3 rings (SSSR count). The minimum atomic E-state index is 0.649. The number of benzene rings is 2. The van der Waals surface area contributed by atoms with Gasteiger partial charge >= 0.3 is 0 Å². The first kappa shape index (κ1) is 18.8. The van der Waals surface area contributed by atoms with Crippen LogP contribution in [-0.2, 0) is 26.2 Å². The molecule has 4 nitrogen and oxygen atoms in total. The van der Waals surface area contributed by atoms with Crippen LogP contribution in [0.2, 0.25) is 5.02 Å². The van der Waals surface area contributed by atoms with Crippen molar-refractivity contribution in [3.8, 4) is 0 Å². The van der Waals surface area contributed by atoms with Gasteiger partial charge in [0, 0.05) is 24.5 Å². The van der Waals surface area contributed by atoms with E-state index in [0.29, 0.717) is 6.67 Å². The van der Waals surface area contributed by atoms with E-state index in [1.807, 2.05) is 35.0 Å². The zero-order chi connectivity index (χ0) is 18.5. The molecule has 26 heavy (non-hydrogen) atoms. The Morgan fingerprint density at radius 3 is 2.38 bits per heavy atom. The van der Waals surface area contributed by atoms with E-state index in [0.717, 1.165) is 35.1 Å². The number of nitrogens with zero attached hydrogens (tertiary/aromatic N) is 4. The summed E-state index contributed by atoms with van der Waals surface area (Å²) >= 11 is 11.6. The van der Waals surface area contributed by atoms with E-state index in [2.05, 4.69) is 47.7 Å². The predicted molar refractivity (Wildman–Crippen MR) is 109 cm³/mol. The Kier molecular flexibility index (Phi) is 6.25. The Morgan fingerprint density at radius 1 is 1.04 bits per heavy atom. The van der Waals surface area contributed by atoms with Crippen molar-refractivity contribution in [2.45, 2.75) is 33.1 Å². The van der Waals surface area contributed by atoms with Crippen molar-refractivity contribution >= 4 is 23.8 Å².